The highest BCUT2D eigenvalue weighted by atomic mass is 28.3. The van der Waals surface area contributed by atoms with E-state index in [1.54, 1.807) is 6.07 Å². The molecule has 16 heavy (non-hydrogen) atoms. The molecule has 1 nitrogen and oxygen atoms in total. The standard InChI is InChI=1S/C14H24OSi/c1-4-5-6-7-11-16(2,3)14-10-8-9-13(15)12-14/h8-10,12,15H,4-7,11H2,1-3H3. The summed E-state index contributed by atoms with van der Waals surface area (Å²) >= 11 is 0. The summed E-state index contributed by atoms with van der Waals surface area (Å²) in [6, 6.07) is 9.17. The van der Waals surface area contributed by atoms with Crippen molar-refractivity contribution >= 4 is 13.3 Å². The van der Waals surface area contributed by atoms with E-state index in [0.717, 1.165) is 0 Å². The van der Waals surface area contributed by atoms with Crippen molar-refractivity contribution in [1.29, 1.82) is 0 Å². The molecule has 0 atom stereocenters. The summed E-state index contributed by atoms with van der Waals surface area (Å²) in [6.45, 7) is 7.04. The van der Waals surface area contributed by atoms with Crippen LogP contribution in [0.2, 0.25) is 19.1 Å². The molecule has 0 fully saturated rings. The third-order valence-electron chi connectivity index (χ3n) is 3.28. The number of unbranched alkanes of at least 4 members (excludes halogenated alkanes) is 3. The summed E-state index contributed by atoms with van der Waals surface area (Å²) < 4.78 is 0. The predicted octanol–water partition coefficient (Wildman–Crippen LogP) is 3.89. The van der Waals surface area contributed by atoms with Crippen LogP contribution < -0.4 is 5.19 Å². The van der Waals surface area contributed by atoms with Crippen molar-refractivity contribution in [2.24, 2.45) is 0 Å². The minimum Gasteiger partial charge on any atom is -0.508 e. The zero-order chi connectivity index (χ0) is 12.0. The molecule has 0 unspecified atom stereocenters. The first-order chi connectivity index (χ1) is 7.56. The number of benzene rings is 1. The van der Waals surface area contributed by atoms with Gasteiger partial charge in [-0.2, -0.15) is 0 Å². The Kier molecular flexibility index (Phi) is 5.06. The second kappa shape index (κ2) is 6.09. The van der Waals surface area contributed by atoms with Gasteiger partial charge < -0.3 is 5.11 Å². The smallest absolute Gasteiger partial charge is 0.115 e. The van der Waals surface area contributed by atoms with Crippen LogP contribution in [-0.4, -0.2) is 13.2 Å². The Balaban J connectivity index is 2.55. The summed E-state index contributed by atoms with van der Waals surface area (Å²) in [5.74, 6) is 0.409. The molecule has 0 aliphatic carbocycles. The van der Waals surface area contributed by atoms with Gasteiger partial charge in [0.1, 0.15) is 5.75 Å². The summed E-state index contributed by atoms with van der Waals surface area (Å²) in [5, 5.41) is 10.9. The molecule has 0 saturated carbocycles. The number of phenols is 1. The highest BCUT2D eigenvalue weighted by molar-refractivity contribution is 6.89. The van der Waals surface area contributed by atoms with Gasteiger partial charge >= 0.3 is 0 Å². The van der Waals surface area contributed by atoms with E-state index >= 15 is 0 Å². The molecule has 0 bridgehead atoms. The maximum Gasteiger partial charge on any atom is 0.115 e. The van der Waals surface area contributed by atoms with Crippen LogP contribution in [0.15, 0.2) is 24.3 Å². The van der Waals surface area contributed by atoms with E-state index in [1.807, 2.05) is 12.1 Å². The van der Waals surface area contributed by atoms with E-state index in [1.165, 1.54) is 36.9 Å². The molecule has 0 aromatic heterocycles. The summed E-state index contributed by atoms with van der Waals surface area (Å²) in [4.78, 5) is 0. The highest BCUT2D eigenvalue weighted by Gasteiger charge is 2.22. The third-order valence-corrected chi connectivity index (χ3v) is 6.76. The second-order valence-corrected chi connectivity index (χ2v) is 10.1. The molecule has 1 rings (SSSR count). The van der Waals surface area contributed by atoms with Crippen LogP contribution in [0.1, 0.15) is 32.6 Å². The zero-order valence-corrected chi connectivity index (χ0v) is 11.8. The van der Waals surface area contributed by atoms with Gasteiger partial charge in [0.05, 0.1) is 8.07 Å². The Morgan fingerprint density at radius 2 is 1.88 bits per heavy atom. The van der Waals surface area contributed by atoms with Gasteiger partial charge in [0.25, 0.3) is 0 Å². The largest absolute Gasteiger partial charge is 0.508 e. The fourth-order valence-corrected chi connectivity index (χ4v) is 4.57. The van der Waals surface area contributed by atoms with Gasteiger partial charge in [0, 0.05) is 0 Å². The van der Waals surface area contributed by atoms with Crippen molar-refractivity contribution in [3.8, 4) is 5.75 Å². The molecule has 0 heterocycles. The van der Waals surface area contributed by atoms with Gasteiger partial charge in [-0.25, -0.2) is 0 Å². The van der Waals surface area contributed by atoms with Crippen LogP contribution >= 0.6 is 0 Å². The summed E-state index contributed by atoms with van der Waals surface area (Å²) in [6.07, 6.45) is 5.34. The summed E-state index contributed by atoms with van der Waals surface area (Å²) in [7, 11) is -1.32. The summed E-state index contributed by atoms with van der Waals surface area (Å²) in [5.41, 5.74) is 0. The second-order valence-electron chi connectivity index (χ2n) is 5.24. The molecule has 0 aliphatic rings. The number of hydrogen-bond acceptors (Lipinski definition) is 1. The van der Waals surface area contributed by atoms with Crippen molar-refractivity contribution in [2.75, 3.05) is 0 Å². The maximum absolute atomic E-state index is 9.51. The van der Waals surface area contributed by atoms with Crippen molar-refractivity contribution in [3.63, 3.8) is 0 Å². The van der Waals surface area contributed by atoms with Crippen LogP contribution in [0.5, 0.6) is 5.75 Å². The van der Waals surface area contributed by atoms with E-state index in [-0.39, 0.29) is 0 Å². The normalized spacial score (nSPS) is 11.7. The quantitative estimate of drug-likeness (QED) is 0.587. The van der Waals surface area contributed by atoms with Crippen molar-refractivity contribution < 1.29 is 5.11 Å². The number of aromatic hydroxyl groups is 1. The molecule has 0 amide bonds. The van der Waals surface area contributed by atoms with Gasteiger partial charge in [0.15, 0.2) is 0 Å². The van der Waals surface area contributed by atoms with Crippen LogP contribution in [0.25, 0.3) is 0 Å². The van der Waals surface area contributed by atoms with Gasteiger partial charge in [-0.3, -0.25) is 0 Å². The fraction of sp³-hybridized carbons (Fsp3) is 0.571. The topological polar surface area (TPSA) is 20.2 Å². The minimum atomic E-state index is -1.32. The Labute approximate surface area is 101 Å². The predicted molar refractivity (Wildman–Crippen MR) is 74.2 cm³/mol. The molecule has 1 aromatic rings. The number of phenolic OH excluding ortho intramolecular Hbond substituents is 1. The van der Waals surface area contributed by atoms with E-state index < -0.39 is 8.07 Å². The van der Waals surface area contributed by atoms with Gasteiger partial charge in [-0.05, 0) is 12.1 Å². The van der Waals surface area contributed by atoms with Crippen LogP contribution in [0, 0.1) is 0 Å². The molecule has 90 valence electrons. The van der Waals surface area contributed by atoms with Gasteiger partial charge in [0.2, 0.25) is 0 Å². The lowest BCUT2D eigenvalue weighted by Gasteiger charge is -2.23. The Morgan fingerprint density at radius 1 is 1.12 bits per heavy atom. The Hall–Kier alpha value is -0.763. The van der Waals surface area contributed by atoms with E-state index in [4.69, 9.17) is 0 Å². The lowest BCUT2D eigenvalue weighted by Crippen LogP contribution is -2.40. The monoisotopic (exact) mass is 236 g/mol. The van der Waals surface area contributed by atoms with Crippen molar-refractivity contribution in [2.45, 2.75) is 51.7 Å². The lowest BCUT2D eigenvalue weighted by atomic mass is 10.2. The third kappa shape index (κ3) is 4.01. The van der Waals surface area contributed by atoms with Crippen LogP contribution in [-0.2, 0) is 0 Å². The van der Waals surface area contributed by atoms with Gasteiger partial charge in [-0.1, -0.05) is 69.1 Å². The molecule has 2 heteroatoms. The fourth-order valence-electron chi connectivity index (χ4n) is 2.06. The lowest BCUT2D eigenvalue weighted by molar-refractivity contribution is 0.476. The number of hydrogen-bond donors (Lipinski definition) is 1. The first-order valence-corrected chi connectivity index (χ1v) is 9.56. The molecule has 1 aromatic carbocycles. The molecule has 0 saturated heterocycles. The van der Waals surface area contributed by atoms with E-state index in [9.17, 15) is 5.11 Å². The molecule has 0 radical (unpaired) electrons. The molecular formula is C14H24OSi. The molecule has 1 N–H and O–H groups in total. The van der Waals surface area contributed by atoms with E-state index in [2.05, 4.69) is 26.1 Å². The van der Waals surface area contributed by atoms with Crippen LogP contribution in [0.4, 0.5) is 0 Å². The first kappa shape index (κ1) is 13.3. The van der Waals surface area contributed by atoms with Gasteiger partial charge in [-0.15, -0.1) is 0 Å². The first-order valence-electron chi connectivity index (χ1n) is 6.36. The van der Waals surface area contributed by atoms with Crippen molar-refractivity contribution in [1.82, 2.24) is 0 Å². The zero-order valence-electron chi connectivity index (χ0n) is 10.8. The number of rotatable bonds is 6. The average molecular weight is 236 g/mol. The average Bonchev–Trinajstić information content (AvgIpc) is 2.24. The minimum absolute atomic E-state index is 0.409. The Bertz CT molecular complexity index is 320. The SMILES string of the molecule is CCCCCC[Si](C)(C)c1cccc(O)c1. The highest BCUT2D eigenvalue weighted by Crippen LogP contribution is 2.17. The Morgan fingerprint density at radius 3 is 2.50 bits per heavy atom. The molecular weight excluding hydrogens is 212 g/mol. The van der Waals surface area contributed by atoms with Crippen LogP contribution in [0.3, 0.4) is 0 Å². The van der Waals surface area contributed by atoms with Crippen molar-refractivity contribution in [3.05, 3.63) is 24.3 Å². The van der Waals surface area contributed by atoms with E-state index in [0.29, 0.717) is 5.75 Å². The maximum atomic E-state index is 9.51. The molecule has 0 aliphatic heterocycles. The molecule has 0 spiro atoms.